The van der Waals surface area contributed by atoms with E-state index in [9.17, 15) is 4.79 Å². The van der Waals surface area contributed by atoms with Gasteiger partial charge in [0.25, 0.3) is 0 Å². The lowest BCUT2D eigenvalue weighted by molar-refractivity contribution is 0.0998. The van der Waals surface area contributed by atoms with Crippen molar-refractivity contribution in [3.63, 3.8) is 0 Å². The highest BCUT2D eigenvalue weighted by molar-refractivity contribution is 5.72. The molecular formula is C18H18N2O2. The number of carbonyl (C=O) groups is 1. The molecular weight excluding hydrogens is 276 g/mol. The molecule has 0 radical (unpaired) electrons. The van der Waals surface area contributed by atoms with Gasteiger partial charge in [-0.15, -0.1) is 0 Å². The van der Waals surface area contributed by atoms with Crippen molar-refractivity contribution in [2.45, 2.75) is 13.0 Å². The minimum absolute atomic E-state index is 0.259. The molecule has 0 unspecified atom stereocenters. The van der Waals surface area contributed by atoms with E-state index in [0.29, 0.717) is 19.7 Å². The van der Waals surface area contributed by atoms with Crippen LogP contribution in [0.15, 0.2) is 60.9 Å². The lowest BCUT2D eigenvalue weighted by Gasteiger charge is -2.25. The van der Waals surface area contributed by atoms with Crippen molar-refractivity contribution in [1.82, 2.24) is 9.88 Å². The fourth-order valence-electron chi connectivity index (χ4n) is 2.46. The van der Waals surface area contributed by atoms with Gasteiger partial charge in [0.15, 0.2) is 0 Å². The van der Waals surface area contributed by atoms with Crippen LogP contribution in [-0.2, 0) is 11.3 Å². The maximum Gasteiger partial charge on any atom is 0.410 e. The normalized spacial score (nSPS) is 14.4. The van der Waals surface area contributed by atoms with E-state index in [2.05, 4.69) is 11.1 Å². The summed E-state index contributed by atoms with van der Waals surface area (Å²) in [4.78, 5) is 17.9. The highest BCUT2D eigenvalue weighted by Crippen LogP contribution is 2.21. The fourth-order valence-corrected chi connectivity index (χ4v) is 2.46. The number of benzene rings is 1. The number of rotatable bonds is 3. The summed E-state index contributed by atoms with van der Waals surface area (Å²) in [6.45, 7) is 1.57. The predicted octanol–water partition coefficient (Wildman–Crippen LogP) is 3.51. The highest BCUT2D eigenvalue weighted by Gasteiger charge is 2.19. The third kappa shape index (κ3) is 3.52. The Hall–Kier alpha value is -2.62. The molecule has 4 nitrogen and oxygen atoms in total. The molecule has 3 rings (SSSR count). The van der Waals surface area contributed by atoms with Crippen LogP contribution < -0.4 is 0 Å². The van der Waals surface area contributed by atoms with Crippen molar-refractivity contribution >= 4 is 11.7 Å². The van der Waals surface area contributed by atoms with E-state index < -0.39 is 0 Å². The highest BCUT2D eigenvalue weighted by atomic mass is 16.6. The molecule has 1 aliphatic rings. The molecule has 0 N–H and O–H groups in total. The lowest BCUT2D eigenvalue weighted by atomic mass is 10.0. The van der Waals surface area contributed by atoms with Gasteiger partial charge in [-0.25, -0.2) is 4.79 Å². The molecule has 1 aromatic heterocycles. The number of amides is 1. The number of pyridine rings is 1. The van der Waals surface area contributed by atoms with Crippen LogP contribution in [0.3, 0.4) is 0 Å². The topological polar surface area (TPSA) is 42.4 Å². The molecule has 0 atom stereocenters. The molecule has 2 heterocycles. The molecule has 1 aromatic carbocycles. The second kappa shape index (κ2) is 6.89. The van der Waals surface area contributed by atoms with Gasteiger partial charge >= 0.3 is 6.09 Å². The largest absolute Gasteiger partial charge is 0.445 e. The molecule has 0 saturated heterocycles. The number of ether oxygens (including phenoxy) is 1. The Morgan fingerprint density at radius 1 is 1.18 bits per heavy atom. The molecule has 112 valence electrons. The maximum absolute atomic E-state index is 12.1. The van der Waals surface area contributed by atoms with E-state index >= 15 is 0 Å². The molecule has 0 saturated carbocycles. The Balaban J connectivity index is 1.54. The number of aromatic nitrogens is 1. The van der Waals surface area contributed by atoms with E-state index in [1.807, 2.05) is 48.7 Å². The van der Waals surface area contributed by atoms with Crippen molar-refractivity contribution in [1.29, 1.82) is 0 Å². The zero-order valence-electron chi connectivity index (χ0n) is 12.3. The van der Waals surface area contributed by atoms with Crippen molar-refractivity contribution in [2.75, 3.05) is 13.1 Å². The molecule has 0 fully saturated rings. The van der Waals surface area contributed by atoms with Gasteiger partial charge in [0, 0.05) is 25.5 Å². The minimum Gasteiger partial charge on any atom is -0.445 e. The molecule has 0 aliphatic carbocycles. The third-order valence-corrected chi connectivity index (χ3v) is 3.70. The first-order chi connectivity index (χ1) is 10.8. The molecule has 0 bridgehead atoms. The van der Waals surface area contributed by atoms with Gasteiger partial charge in [-0.05, 0) is 29.2 Å². The summed E-state index contributed by atoms with van der Waals surface area (Å²) in [6.07, 6.45) is 6.26. The van der Waals surface area contributed by atoms with Gasteiger partial charge in [0.1, 0.15) is 6.61 Å². The number of hydrogen-bond donors (Lipinski definition) is 0. The molecule has 22 heavy (non-hydrogen) atoms. The van der Waals surface area contributed by atoms with Crippen LogP contribution in [-0.4, -0.2) is 29.1 Å². The van der Waals surface area contributed by atoms with Gasteiger partial charge in [-0.2, -0.15) is 0 Å². The Kier molecular flexibility index (Phi) is 4.49. The van der Waals surface area contributed by atoms with Gasteiger partial charge < -0.3 is 9.64 Å². The predicted molar refractivity (Wildman–Crippen MR) is 85.0 cm³/mol. The Morgan fingerprint density at radius 3 is 2.73 bits per heavy atom. The SMILES string of the molecule is O=C(OCc1ccccc1)N1CC=C(c2cccnc2)CC1. The van der Waals surface area contributed by atoms with Crippen molar-refractivity contribution in [3.8, 4) is 0 Å². The maximum atomic E-state index is 12.1. The Morgan fingerprint density at radius 2 is 2.05 bits per heavy atom. The summed E-state index contributed by atoms with van der Waals surface area (Å²) in [5.41, 5.74) is 3.36. The van der Waals surface area contributed by atoms with E-state index in [1.165, 1.54) is 5.57 Å². The van der Waals surface area contributed by atoms with Crippen LogP contribution in [0.1, 0.15) is 17.5 Å². The van der Waals surface area contributed by atoms with Gasteiger partial charge in [0.2, 0.25) is 0 Å². The third-order valence-electron chi connectivity index (χ3n) is 3.70. The van der Waals surface area contributed by atoms with Crippen molar-refractivity contribution < 1.29 is 9.53 Å². The fraction of sp³-hybridized carbons (Fsp3) is 0.222. The molecule has 1 aliphatic heterocycles. The van der Waals surface area contributed by atoms with Crippen molar-refractivity contribution in [2.24, 2.45) is 0 Å². The number of nitrogens with zero attached hydrogens (tertiary/aromatic N) is 2. The van der Waals surface area contributed by atoms with E-state index in [0.717, 1.165) is 17.5 Å². The first-order valence-corrected chi connectivity index (χ1v) is 7.38. The second-order valence-electron chi connectivity index (χ2n) is 5.21. The first kappa shape index (κ1) is 14.3. The summed E-state index contributed by atoms with van der Waals surface area (Å²) in [5.74, 6) is 0. The molecule has 2 aromatic rings. The zero-order chi connectivity index (χ0) is 15.2. The molecule has 0 spiro atoms. The second-order valence-corrected chi connectivity index (χ2v) is 5.21. The van der Waals surface area contributed by atoms with Crippen LogP contribution in [0.4, 0.5) is 4.79 Å². The average Bonchev–Trinajstić information content (AvgIpc) is 2.61. The molecule has 4 heteroatoms. The van der Waals surface area contributed by atoms with Crippen LogP contribution in [0, 0.1) is 0 Å². The first-order valence-electron chi connectivity index (χ1n) is 7.38. The Bertz CT molecular complexity index is 653. The molecule has 1 amide bonds. The summed E-state index contributed by atoms with van der Waals surface area (Å²) in [7, 11) is 0. The van der Waals surface area contributed by atoms with E-state index in [1.54, 1.807) is 11.1 Å². The number of hydrogen-bond acceptors (Lipinski definition) is 3. The monoisotopic (exact) mass is 294 g/mol. The van der Waals surface area contributed by atoms with Crippen LogP contribution in [0.5, 0.6) is 0 Å². The van der Waals surface area contributed by atoms with Gasteiger partial charge in [-0.3, -0.25) is 4.98 Å². The lowest BCUT2D eigenvalue weighted by Crippen LogP contribution is -2.35. The Labute approximate surface area is 130 Å². The smallest absolute Gasteiger partial charge is 0.410 e. The summed E-state index contributed by atoms with van der Waals surface area (Å²) in [6, 6.07) is 13.7. The van der Waals surface area contributed by atoms with Crippen LogP contribution >= 0.6 is 0 Å². The summed E-state index contributed by atoms with van der Waals surface area (Å²) in [5, 5.41) is 0. The van der Waals surface area contributed by atoms with E-state index in [4.69, 9.17) is 4.74 Å². The number of carbonyl (C=O) groups excluding carboxylic acids is 1. The van der Waals surface area contributed by atoms with Gasteiger partial charge in [0.05, 0.1) is 0 Å². The van der Waals surface area contributed by atoms with Crippen molar-refractivity contribution in [3.05, 3.63) is 72.1 Å². The van der Waals surface area contributed by atoms with Crippen LogP contribution in [0.2, 0.25) is 0 Å². The average molecular weight is 294 g/mol. The van der Waals surface area contributed by atoms with E-state index in [-0.39, 0.29) is 6.09 Å². The minimum atomic E-state index is -0.259. The van der Waals surface area contributed by atoms with Gasteiger partial charge in [-0.1, -0.05) is 42.5 Å². The summed E-state index contributed by atoms with van der Waals surface area (Å²) >= 11 is 0. The standard InChI is InChI=1S/C18H18N2O2/c21-18(22-14-15-5-2-1-3-6-15)20-11-8-16(9-12-20)17-7-4-10-19-13-17/h1-8,10,13H,9,11-12,14H2. The quantitative estimate of drug-likeness (QED) is 0.870. The summed E-state index contributed by atoms with van der Waals surface area (Å²) < 4.78 is 5.35. The zero-order valence-corrected chi connectivity index (χ0v) is 12.3. The van der Waals surface area contributed by atoms with Crippen LogP contribution in [0.25, 0.3) is 5.57 Å².